The molecule has 0 bridgehead atoms. The molecule has 5 nitrogen and oxygen atoms in total. The van der Waals surface area contributed by atoms with Crippen LogP contribution in [0.15, 0.2) is 0 Å². The fourth-order valence-electron chi connectivity index (χ4n) is 2.67. The molecule has 18 heavy (non-hydrogen) atoms. The average Bonchev–Trinajstić information content (AvgIpc) is 2.58. The van der Waals surface area contributed by atoms with Gasteiger partial charge in [0.25, 0.3) is 0 Å². The standard InChI is InChI=1S/C13H25N5/c1-4-6-11-12(14)13(18(3)16-11)15-10-7-5-8-17(2)9-10/h10,15H,4-9,14H2,1-3H3. The molecule has 1 aliphatic heterocycles. The van der Waals surface area contributed by atoms with Crippen molar-refractivity contribution < 1.29 is 0 Å². The summed E-state index contributed by atoms with van der Waals surface area (Å²) in [6.07, 6.45) is 4.48. The Morgan fingerprint density at radius 3 is 2.89 bits per heavy atom. The molecule has 1 fully saturated rings. The van der Waals surface area contributed by atoms with Crippen molar-refractivity contribution in [3.05, 3.63) is 5.69 Å². The lowest BCUT2D eigenvalue weighted by molar-refractivity contribution is 0.260. The number of likely N-dealkylation sites (N-methyl/N-ethyl adjacent to an activating group) is 1. The Hall–Kier alpha value is -1.23. The molecule has 5 heteroatoms. The molecule has 1 aromatic rings. The lowest BCUT2D eigenvalue weighted by Crippen LogP contribution is -2.40. The highest BCUT2D eigenvalue weighted by molar-refractivity contribution is 5.65. The Balaban J connectivity index is 2.08. The van der Waals surface area contributed by atoms with E-state index in [0.717, 1.165) is 36.6 Å². The van der Waals surface area contributed by atoms with Gasteiger partial charge in [0, 0.05) is 19.6 Å². The minimum atomic E-state index is 0.482. The minimum Gasteiger partial charge on any atom is -0.394 e. The fourth-order valence-corrected chi connectivity index (χ4v) is 2.67. The van der Waals surface area contributed by atoms with Gasteiger partial charge in [0.1, 0.15) is 5.82 Å². The van der Waals surface area contributed by atoms with Gasteiger partial charge in [-0.15, -0.1) is 0 Å². The molecule has 1 aromatic heterocycles. The number of hydrogen-bond acceptors (Lipinski definition) is 4. The maximum atomic E-state index is 6.18. The molecule has 1 aliphatic rings. The fraction of sp³-hybridized carbons (Fsp3) is 0.769. The van der Waals surface area contributed by atoms with Crippen molar-refractivity contribution in [3.63, 3.8) is 0 Å². The highest BCUT2D eigenvalue weighted by Crippen LogP contribution is 2.25. The molecule has 0 radical (unpaired) electrons. The third-order valence-corrected chi connectivity index (χ3v) is 3.61. The maximum Gasteiger partial charge on any atom is 0.148 e. The van der Waals surface area contributed by atoms with E-state index >= 15 is 0 Å². The van der Waals surface area contributed by atoms with E-state index in [0.29, 0.717) is 6.04 Å². The molecule has 0 amide bonds. The summed E-state index contributed by atoms with van der Waals surface area (Å²) in [7, 11) is 4.13. The van der Waals surface area contributed by atoms with Crippen LogP contribution in [0.25, 0.3) is 0 Å². The summed E-state index contributed by atoms with van der Waals surface area (Å²) in [5.41, 5.74) is 8.03. The zero-order valence-corrected chi connectivity index (χ0v) is 11.7. The maximum absolute atomic E-state index is 6.18. The van der Waals surface area contributed by atoms with Crippen molar-refractivity contribution in [2.45, 2.75) is 38.6 Å². The summed E-state index contributed by atoms with van der Waals surface area (Å²) >= 11 is 0. The van der Waals surface area contributed by atoms with Crippen molar-refractivity contribution in [1.82, 2.24) is 14.7 Å². The van der Waals surface area contributed by atoms with Crippen molar-refractivity contribution in [1.29, 1.82) is 0 Å². The molecule has 0 aromatic carbocycles. The van der Waals surface area contributed by atoms with Crippen molar-refractivity contribution in [2.24, 2.45) is 7.05 Å². The number of nitrogens with one attached hydrogen (secondary N) is 1. The molecule has 0 spiro atoms. The second-order valence-electron chi connectivity index (χ2n) is 5.33. The van der Waals surface area contributed by atoms with Crippen LogP contribution in [0.5, 0.6) is 0 Å². The van der Waals surface area contributed by atoms with Gasteiger partial charge in [0.15, 0.2) is 0 Å². The molecule has 1 atom stereocenters. The third-order valence-electron chi connectivity index (χ3n) is 3.61. The van der Waals surface area contributed by atoms with Crippen LogP contribution in [0.4, 0.5) is 11.5 Å². The highest BCUT2D eigenvalue weighted by Gasteiger charge is 2.20. The number of aromatic nitrogens is 2. The molecule has 1 unspecified atom stereocenters. The van der Waals surface area contributed by atoms with E-state index in [1.807, 2.05) is 11.7 Å². The summed E-state index contributed by atoms with van der Waals surface area (Å²) < 4.78 is 1.88. The second kappa shape index (κ2) is 5.61. The number of hydrogen-bond donors (Lipinski definition) is 2. The second-order valence-corrected chi connectivity index (χ2v) is 5.33. The molecular formula is C13H25N5. The van der Waals surface area contributed by atoms with E-state index in [9.17, 15) is 0 Å². The van der Waals surface area contributed by atoms with E-state index in [2.05, 4.69) is 29.3 Å². The number of anilines is 2. The Bertz CT molecular complexity index is 398. The largest absolute Gasteiger partial charge is 0.394 e. The highest BCUT2D eigenvalue weighted by atomic mass is 15.3. The first-order valence-corrected chi connectivity index (χ1v) is 6.88. The van der Waals surface area contributed by atoms with Crippen molar-refractivity contribution in [3.8, 4) is 0 Å². The van der Waals surface area contributed by atoms with Gasteiger partial charge >= 0.3 is 0 Å². The monoisotopic (exact) mass is 251 g/mol. The topological polar surface area (TPSA) is 59.1 Å². The Labute approximate surface area is 109 Å². The first kappa shape index (κ1) is 13.2. The SMILES string of the molecule is CCCc1nn(C)c(NC2CCCN(C)C2)c1N. The molecule has 2 rings (SSSR count). The van der Waals surface area contributed by atoms with Crippen LogP contribution >= 0.6 is 0 Å². The summed E-state index contributed by atoms with van der Waals surface area (Å²) in [6.45, 7) is 4.42. The predicted octanol–water partition coefficient (Wildman–Crippen LogP) is 1.46. The number of nitrogens with two attached hydrogens (primary N) is 1. The van der Waals surface area contributed by atoms with Crippen LogP contribution in [-0.2, 0) is 13.5 Å². The van der Waals surface area contributed by atoms with E-state index in [1.165, 1.54) is 19.4 Å². The predicted molar refractivity (Wildman–Crippen MR) is 75.8 cm³/mol. The van der Waals surface area contributed by atoms with E-state index in [1.54, 1.807) is 0 Å². The molecule has 0 aliphatic carbocycles. The smallest absolute Gasteiger partial charge is 0.148 e. The average molecular weight is 251 g/mol. The van der Waals surface area contributed by atoms with Gasteiger partial charge in [0.2, 0.25) is 0 Å². The lowest BCUT2D eigenvalue weighted by Gasteiger charge is -2.30. The van der Waals surface area contributed by atoms with Gasteiger partial charge in [-0.2, -0.15) is 5.10 Å². The van der Waals surface area contributed by atoms with E-state index < -0.39 is 0 Å². The van der Waals surface area contributed by atoms with E-state index in [-0.39, 0.29) is 0 Å². The minimum absolute atomic E-state index is 0.482. The van der Waals surface area contributed by atoms with Crippen LogP contribution in [0.3, 0.4) is 0 Å². The molecular weight excluding hydrogens is 226 g/mol. The summed E-state index contributed by atoms with van der Waals surface area (Å²) in [6, 6.07) is 0.482. The molecule has 102 valence electrons. The van der Waals surface area contributed by atoms with Crippen molar-refractivity contribution in [2.75, 3.05) is 31.2 Å². The van der Waals surface area contributed by atoms with Gasteiger partial charge in [-0.05, 0) is 32.9 Å². The number of rotatable bonds is 4. The zero-order chi connectivity index (χ0) is 13.1. The van der Waals surface area contributed by atoms with Crippen molar-refractivity contribution >= 4 is 11.5 Å². The normalized spacial score (nSPS) is 21.2. The number of piperidine rings is 1. The van der Waals surface area contributed by atoms with Gasteiger partial charge in [0.05, 0.1) is 11.4 Å². The first-order chi connectivity index (χ1) is 8.61. The summed E-state index contributed by atoms with van der Waals surface area (Å²) in [5.74, 6) is 0.985. The Morgan fingerprint density at radius 2 is 2.22 bits per heavy atom. The molecule has 1 saturated heterocycles. The number of nitrogens with zero attached hydrogens (tertiary/aromatic N) is 3. The number of aryl methyl sites for hydroxylation is 2. The first-order valence-electron chi connectivity index (χ1n) is 6.88. The van der Waals surface area contributed by atoms with Crippen LogP contribution in [-0.4, -0.2) is 40.9 Å². The molecule has 3 N–H and O–H groups in total. The summed E-state index contributed by atoms with van der Waals surface area (Å²) in [4.78, 5) is 2.36. The van der Waals surface area contributed by atoms with Gasteiger partial charge in [-0.1, -0.05) is 13.3 Å². The Morgan fingerprint density at radius 1 is 1.44 bits per heavy atom. The van der Waals surface area contributed by atoms with Gasteiger partial charge in [-0.3, -0.25) is 4.68 Å². The quantitative estimate of drug-likeness (QED) is 0.850. The summed E-state index contributed by atoms with van der Waals surface area (Å²) in [5, 5.41) is 8.06. The lowest BCUT2D eigenvalue weighted by atomic mass is 10.1. The van der Waals surface area contributed by atoms with Gasteiger partial charge < -0.3 is 16.0 Å². The van der Waals surface area contributed by atoms with Crippen LogP contribution in [0, 0.1) is 0 Å². The number of likely N-dealkylation sites (tertiary alicyclic amines) is 1. The van der Waals surface area contributed by atoms with Crippen LogP contribution in [0.1, 0.15) is 31.9 Å². The third kappa shape index (κ3) is 2.77. The zero-order valence-electron chi connectivity index (χ0n) is 11.7. The molecule has 2 heterocycles. The Kier molecular flexibility index (Phi) is 4.11. The molecule has 0 saturated carbocycles. The van der Waals surface area contributed by atoms with Gasteiger partial charge in [-0.25, -0.2) is 0 Å². The van der Waals surface area contributed by atoms with Crippen LogP contribution in [0.2, 0.25) is 0 Å². The van der Waals surface area contributed by atoms with E-state index in [4.69, 9.17) is 5.73 Å². The number of nitrogen functional groups attached to an aromatic ring is 1. The van der Waals surface area contributed by atoms with Crippen LogP contribution < -0.4 is 11.1 Å².